The summed E-state index contributed by atoms with van der Waals surface area (Å²) in [6, 6.07) is 3.89. The van der Waals surface area contributed by atoms with Gasteiger partial charge in [-0.2, -0.15) is 4.98 Å². The highest BCUT2D eigenvalue weighted by atomic mass is 35.5. The SMILES string of the molecule is O=C1NC2(CCC2)CNc2c1sc1ccc3nc(Oc4nc(Cl)nc5c4CNCC5)cnc3c21. The fraction of sp³-hybridized carbons (Fsp3) is 0.348. The number of benzene rings is 1. The van der Waals surface area contributed by atoms with Gasteiger partial charge in [-0.3, -0.25) is 4.79 Å². The molecule has 1 fully saturated rings. The molecule has 1 aromatic carbocycles. The molecule has 4 aromatic rings. The van der Waals surface area contributed by atoms with Crippen molar-refractivity contribution >= 4 is 55.7 Å². The van der Waals surface area contributed by atoms with E-state index in [4.69, 9.17) is 26.3 Å². The first-order valence-corrected chi connectivity index (χ1v) is 12.5. The first kappa shape index (κ1) is 20.3. The number of nitrogens with zero attached hydrogens (tertiary/aromatic N) is 4. The van der Waals surface area contributed by atoms with Gasteiger partial charge in [0.2, 0.25) is 17.0 Å². The molecule has 2 aliphatic heterocycles. The van der Waals surface area contributed by atoms with Gasteiger partial charge in [-0.1, -0.05) is 0 Å². The Bertz CT molecular complexity index is 1500. The van der Waals surface area contributed by atoms with E-state index in [1.54, 1.807) is 6.20 Å². The van der Waals surface area contributed by atoms with Gasteiger partial charge in [0.1, 0.15) is 4.88 Å². The van der Waals surface area contributed by atoms with E-state index in [9.17, 15) is 4.79 Å². The van der Waals surface area contributed by atoms with Crippen molar-refractivity contribution < 1.29 is 9.53 Å². The van der Waals surface area contributed by atoms with Crippen molar-refractivity contribution in [3.63, 3.8) is 0 Å². The Hall–Kier alpha value is -3.08. The number of rotatable bonds is 2. The van der Waals surface area contributed by atoms with Gasteiger partial charge >= 0.3 is 0 Å². The molecule has 34 heavy (non-hydrogen) atoms. The van der Waals surface area contributed by atoms with Crippen molar-refractivity contribution in [2.24, 2.45) is 0 Å². The Labute approximate surface area is 203 Å². The molecule has 0 bridgehead atoms. The molecule has 1 aliphatic carbocycles. The number of aromatic nitrogens is 4. The van der Waals surface area contributed by atoms with Gasteiger partial charge < -0.3 is 20.7 Å². The van der Waals surface area contributed by atoms with E-state index in [1.165, 1.54) is 11.3 Å². The molecule has 0 unspecified atom stereocenters. The zero-order chi connectivity index (χ0) is 22.9. The van der Waals surface area contributed by atoms with Gasteiger partial charge in [0.15, 0.2) is 0 Å². The Morgan fingerprint density at radius 2 is 2.09 bits per heavy atom. The topological polar surface area (TPSA) is 114 Å². The molecule has 5 heterocycles. The summed E-state index contributed by atoms with van der Waals surface area (Å²) in [5.74, 6) is 0.710. The molecular formula is C23H20ClN7O2S. The van der Waals surface area contributed by atoms with Crippen molar-refractivity contribution in [2.45, 2.75) is 37.8 Å². The zero-order valence-electron chi connectivity index (χ0n) is 18.1. The summed E-state index contributed by atoms with van der Waals surface area (Å²) >= 11 is 7.61. The number of hydrogen-bond donors (Lipinski definition) is 3. The number of amides is 1. The van der Waals surface area contributed by atoms with Crippen LogP contribution in [-0.2, 0) is 13.0 Å². The fourth-order valence-corrected chi connectivity index (χ4v) is 6.26. The Morgan fingerprint density at radius 3 is 2.94 bits per heavy atom. The van der Waals surface area contributed by atoms with Crippen LogP contribution in [0.2, 0.25) is 5.28 Å². The van der Waals surface area contributed by atoms with E-state index in [-0.39, 0.29) is 16.7 Å². The summed E-state index contributed by atoms with van der Waals surface area (Å²) in [5.41, 5.74) is 3.90. The summed E-state index contributed by atoms with van der Waals surface area (Å²) in [7, 11) is 0. The zero-order valence-corrected chi connectivity index (χ0v) is 19.6. The van der Waals surface area contributed by atoms with Crippen LogP contribution in [0.1, 0.15) is 40.2 Å². The Kier molecular flexibility index (Phi) is 4.46. The predicted molar refractivity (Wildman–Crippen MR) is 130 cm³/mol. The largest absolute Gasteiger partial charge is 0.418 e. The highest BCUT2D eigenvalue weighted by molar-refractivity contribution is 7.21. The monoisotopic (exact) mass is 493 g/mol. The lowest BCUT2D eigenvalue weighted by molar-refractivity contribution is 0.0855. The normalized spacial score (nSPS) is 18.6. The molecule has 0 radical (unpaired) electrons. The maximum Gasteiger partial charge on any atom is 0.264 e. The van der Waals surface area contributed by atoms with Gasteiger partial charge in [0.25, 0.3) is 5.91 Å². The van der Waals surface area contributed by atoms with Gasteiger partial charge in [-0.25, -0.2) is 15.0 Å². The third kappa shape index (κ3) is 3.13. The Balaban J connectivity index is 1.29. The van der Waals surface area contributed by atoms with Crippen LogP contribution in [0, 0.1) is 0 Å². The van der Waals surface area contributed by atoms with Gasteiger partial charge in [-0.15, -0.1) is 11.3 Å². The fourth-order valence-electron chi connectivity index (χ4n) is 5.00. The van der Waals surface area contributed by atoms with Crippen LogP contribution in [0.15, 0.2) is 18.3 Å². The van der Waals surface area contributed by atoms with Crippen LogP contribution in [0.3, 0.4) is 0 Å². The molecule has 0 saturated heterocycles. The lowest BCUT2D eigenvalue weighted by Crippen LogP contribution is -2.56. The van der Waals surface area contributed by atoms with Gasteiger partial charge in [-0.05, 0) is 43.0 Å². The smallest absolute Gasteiger partial charge is 0.264 e. The lowest BCUT2D eigenvalue weighted by Gasteiger charge is -2.41. The second-order valence-corrected chi connectivity index (χ2v) is 10.4. The number of fused-ring (bicyclic) bond motifs is 6. The van der Waals surface area contributed by atoms with Crippen molar-refractivity contribution in [2.75, 3.05) is 18.4 Å². The molecule has 1 amide bonds. The van der Waals surface area contributed by atoms with E-state index < -0.39 is 0 Å². The van der Waals surface area contributed by atoms with Crippen LogP contribution in [-0.4, -0.2) is 44.5 Å². The molecule has 3 N–H and O–H groups in total. The first-order valence-electron chi connectivity index (χ1n) is 11.3. The first-order chi connectivity index (χ1) is 16.6. The highest BCUT2D eigenvalue weighted by Crippen LogP contribution is 2.43. The predicted octanol–water partition coefficient (Wildman–Crippen LogP) is 3.80. The van der Waals surface area contributed by atoms with Crippen molar-refractivity contribution in [1.29, 1.82) is 0 Å². The number of carbonyl (C=O) groups excluding carboxylic acids is 1. The van der Waals surface area contributed by atoms with Crippen molar-refractivity contribution in [3.8, 4) is 11.8 Å². The third-order valence-electron chi connectivity index (χ3n) is 6.91. The maximum absolute atomic E-state index is 13.0. The molecule has 9 nitrogen and oxygen atoms in total. The average molecular weight is 494 g/mol. The van der Waals surface area contributed by atoms with Crippen LogP contribution in [0.4, 0.5) is 5.69 Å². The molecule has 1 saturated carbocycles. The summed E-state index contributed by atoms with van der Waals surface area (Å²) in [6.45, 7) is 2.17. The van der Waals surface area contributed by atoms with E-state index in [2.05, 4.69) is 25.9 Å². The quantitative estimate of drug-likeness (QED) is 0.361. The lowest BCUT2D eigenvalue weighted by atomic mass is 9.77. The maximum atomic E-state index is 13.0. The highest BCUT2D eigenvalue weighted by Gasteiger charge is 2.41. The van der Waals surface area contributed by atoms with Crippen LogP contribution in [0.25, 0.3) is 21.1 Å². The van der Waals surface area contributed by atoms with Gasteiger partial charge in [0.05, 0.1) is 39.7 Å². The number of nitrogens with one attached hydrogen (secondary N) is 3. The van der Waals surface area contributed by atoms with Crippen molar-refractivity contribution in [3.05, 3.63) is 39.7 Å². The summed E-state index contributed by atoms with van der Waals surface area (Å²) in [5, 5.41) is 11.2. The molecule has 0 atom stereocenters. The summed E-state index contributed by atoms with van der Waals surface area (Å²) in [4.78, 5) is 31.7. The van der Waals surface area contributed by atoms with Crippen LogP contribution < -0.4 is 20.7 Å². The standard InChI is InChI=1S/C23H20ClN7O2S/c24-22-29-12-4-7-25-8-11(12)21(30-22)33-15-9-26-17-13(28-15)2-3-14-16(17)18-19(34-14)20(32)31-23(10-27-18)5-1-6-23/h2-3,9,25,27H,1,4-8,10H2,(H,31,32). The van der Waals surface area contributed by atoms with E-state index >= 15 is 0 Å². The number of thiophene rings is 1. The number of halogens is 1. The molecule has 3 aromatic heterocycles. The molecule has 11 heteroatoms. The molecule has 7 rings (SSSR count). The van der Waals surface area contributed by atoms with Crippen LogP contribution >= 0.6 is 22.9 Å². The molecular weight excluding hydrogens is 474 g/mol. The molecule has 3 aliphatic rings. The number of hydrogen-bond acceptors (Lipinski definition) is 9. The van der Waals surface area contributed by atoms with Crippen LogP contribution in [0.5, 0.6) is 11.8 Å². The minimum atomic E-state index is -0.133. The number of ether oxygens (including phenoxy) is 1. The molecule has 1 spiro atoms. The number of anilines is 1. The summed E-state index contributed by atoms with van der Waals surface area (Å²) in [6.07, 6.45) is 5.51. The summed E-state index contributed by atoms with van der Waals surface area (Å²) < 4.78 is 7.03. The minimum absolute atomic E-state index is 0.0130. The molecule has 172 valence electrons. The van der Waals surface area contributed by atoms with E-state index in [0.29, 0.717) is 28.7 Å². The second-order valence-electron chi connectivity index (χ2n) is 9.01. The minimum Gasteiger partial charge on any atom is -0.418 e. The Morgan fingerprint density at radius 1 is 1.18 bits per heavy atom. The number of carbonyl (C=O) groups is 1. The van der Waals surface area contributed by atoms with Gasteiger partial charge in [0, 0.05) is 36.1 Å². The average Bonchev–Trinajstić information content (AvgIpc) is 3.12. The van der Waals surface area contributed by atoms with E-state index in [0.717, 1.165) is 71.3 Å². The van der Waals surface area contributed by atoms with E-state index in [1.807, 2.05) is 12.1 Å². The van der Waals surface area contributed by atoms with Crippen molar-refractivity contribution in [1.82, 2.24) is 30.6 Å². The second kappa shape index (κ2) is 7.46. The third-order valence-corrected chi connectivity index (χ3v) is 8.23.